The van der Waals surface area contributed by atoms with Gasteiger partial charge in [-0.25, -0.2) is 4.79 Å². The fraction of sp³-hybridized carbons (Fsp3) is 0.679. The van der Waals surface area contributed by atoms with E-state index >= 15 is 0 Å². The van der Waals surface area contributed by atoms with E-state index in [2.05, 4.69) is 24.5 Å². The normalized spacial score (nSPS) is 13.7. The van der Waals surface area contributed by atoms with Gasteiger partial charge in [0.2, 0.25) is 11.8 Å². The zero-order valence-electron chi connectivity index (χ0n) is 23.7. The average Bonchev–Trinajstić information content (AvgIpc) is 2.68. The van der Waals surface area contributed by atoms with Crippen molar-refractivity contribution in [1.29, 1.82) is 0 Å². The maximum absolute atomic E-state index is 13.7. The molecule has 0 bridgehead atoms. The lowest BCUT2D eigenvalue weighted by Crippen LogP contribution is -2.54. The molecule has 198 valence electrons. The van der Waals surface area contributed by atoms with Crippen LogP contribution >= 0.6 is 0 Å². The number of benzene rings is 1. The Kier molecular flexibility index (Phi) is 10.8. The molecule has 0 radical (unpaired) electrons. The van der Waals surface area contributed by atoms with Crippen LogP contribution in [0.1, 0.15) is 97.9 Å². The molecule has 0 saturated carbocycles. The molecule has 2 N–H and O–H groups in total. The highest BCUT2D eigenvalue weighted by atomic mass is 16.6. The average molecular weight is 490 g/mol. The van der Waals surface area contributed by atoms with Gasteiger partial charge in [0.1, 0.15) is 18.2 Å². The van der Waals surface area contributed by atoms with Crippen LogP contribution in [0.5, 0.6) is 0 Å². The SMILES string of the molecule is Cc1cccc(C(C(=O)NC(C)(C)C)N(C(=O)CNC(=O)OC(C)(C)C)C(C)CCC(C)C)c1C. The highest BCUT2D eigenvalue weighted by Crippen LogP contribution is 2.30. The summed E-state index contributed by atoms with van der Waals surface area (Å²) in [5.41, 5.74) is 1.65. The number of ether oxygens (including phenoxy) is 1. The van der Waals surface area contributed by atoms with E-state index < -0.39 is 23.3 Å². The lowest BCUT2D eigenvalue weighted by Gasteiger charge is -2.38. The number of alkyl carbamates (subject to hydrolysis) is 1. The second kappa shape index (κ2) is 12.4. The Morgan fingerprint density at radius 1 is 0.971 bits per heavy atom. The topological polar surface area (TPSA) is 87.7 Å². The lowest BCUT2D eigenvalue weighted by molar-refractivity contribution is -0.143. The van der Waals surface area contributed by atoms with Crippen LogP contribution in [-0.2, 0) is 14.3 Å². The molecule has 35 heavy (non-hydrogen) atoms. The first kappa shape index (κ1) is 30.5. The highest BCUT2D eigenvalue weighted by Gasteiger charge is 2.37. The van der Waals surface area contributed by atoms with E-state index in [1.165, 1.54) is 0 Å². The number of hydrogen-bond acceptors (Lipinski definition) is 4. The molecule has 1 aromatic rings. The molecule has 2 atom stereocenters. The Morgan fingerprint density at radius 2 is 1.57 bits per heavy atom. The first-order chi connectivity index (χ1) is 15.9. The monoisotopic (exact) mass is 489 g/mol. The number of amides is 3. The van der Waals surface area contributed by atoms with E-state index in [4.69, 9.17) is 4.74 Å². The minimum absolute atomic E-state index is 0.221. The second-order valence-corrected chi connectivity index (χ2v) is 11.9. The quantitative estimate of drug-likeness (QED) is 0.484. The van der Waals surface area contributed by atoms with Gasteiger partial charge in [-0.15, -0.1) is 0 Å². The number of nitrogens with zero attached hydrogens (tertiary/aromatic N) is 1. The van der Waals surface area contributed by atoms with Crippen LogP contribution in [-0.4, -0.2) is 46.5 Å². The van der Waals surface area contributed by atoms with Gasteiger partial charge in [0.15, 0.2) is 0 Å². The molecule has 3 amide bonds. The zero-order chi connectivity index (χ0) is 27.1. The summed E-state index contributed by atoms with van der Waals surface area (Å²) in [7, 11) is 0. The summed E-state index contributed by atoms with van der Waals surface area (Å²) in [6.45, 7) is 21.0. The smallest absolute Gasteiger partial charge is 0.408 e. The van der Waals surface area contributed by atoms with E-state index in [0.29, 0.717) is 5.92 Å². The number of carbonyl (C=O) groups is 3. The number of hydrogen-bond donors (Lipinski definition) is 2. The molecular weight excluding hydrogens is 442 g/mol. The fourth-order valence-electron chi connectivity index (χ4n) is 3.84. The lowest BCUT2D eigenvalue weighted by atomic mass is 9.92. The molecule has 0 aliphatic carbocycles. The van der Waals surface area contributed by atoms with Crippen molar-refractivity contribution in [2.24, 2.45) is 5.92 Å². The zero-order valence-corrected chi connectivity index (χ0v) is 23.7. The van der Waals surface area contributed by atoms with Crippen molar-refractivity contribution in [2.75, 3.05) is 6.54 Å². The van der Waals surface area contributed by atoms with Crippen LogP contribution in [0.4, 0.5) is 4.79 Å². The molecule has 1 aromatic carbocycles. The van der Waals surface area contributed by atoms with Gasteiger partial charge in [0.25, 0.3) is 0 Å². The molecule has 0 heterocycles. The van der Waals surface area contributed by atoms with Gasteiger partial charge in [-0.1, -0.05) is 32.0 Å². The second-order valence-electron chi connectivity index (χ2n) is 11.9. The van der Waals surface area contributed by atoms with E-state index in [1.807, 2.05) is 59.7 Å². The first-order valence-corrected chi connectivity index (χ1v) is 12.6. The van der Waals surface area contributed by atoms with Crippen LogP contribution in [0.2, 0.25) is 0 Å². The van der Waals surface area contributed by atoms with Crippen molar-refractivity contribution >= 4 is 17.9 Å². The van der Waals surface area contributed by atoms with Crippen molar-refractivity contribution in [3.63, 3.8) is 0 Å². The highest BCUT2D eigenvalue weighted by molar-refractivity contribution is 5.91. The molecule has 0 aliphatic rings. The molecule has 7 heteroatoms. The summed E-state index contributed by atoms with van der Waals surface area (Å²) in [6, 6.07) is 4.77. The Morgan fingerprint density at radius 3 is 2.09 bits per heavy atom. The van der Waals surface area contributed by atoms with Crippen molar-refractivity contribution in [2.45, 2.75) is 112 Å². The van der Waals surface area contributed by atoms with Gasteiger partial charge < -0.3 is 20.3 Å². The largest absolute Gasteiger partial charge is 0.444 e. The van der Waals surface area contributed by atoms with Crippen LogP contribution in [0, 0.1) is 19.8 Å². The summed E-state index contributed by atoms with van der Waals surface area (Å²) >= 11 is 0. The molecule has 0 spiro atoms. The van der Waals surface area contributed by atoms with Crippen molar-refractivity contribution in [3.05, 3.63) is 34.9 Å². The number of rotatable bonds is 9. The molecule has 0 fully saturated rings. The van der Waals surface area contributed by atoms with E-state index in [-0.39, 0.29) is 24.4 Å². The Bertz CT molecular complexity index is 881. The summed E-state index contributed by atoms with van der Waals surface area (Å²) in [4.78, 5) is 41.3. The molecule has 1 rings (SSSR count). The van der Waals surface area contributed by atoms with E-state index in [0.717, 1.165) is 29.5 Å². The van der Waals surface area contributed by atoms with Gasteiger partial charge in [-0.3, -0.25) is 9.59 Å². The molecule has 2 unspecified atom stereocenters. The van der Waals surface area contributed by atoms with Crippen molar-refractivity contribution in [3.8, 4) is 0 Å². The Hall–Kier alpha value is -2.57. The third-order valence-electron chi connectivity index (χ3n) is 5.67. The van der Waals surface area contributed by atoms with Crippen molar-refractivity contribution < 1.29 is 19.1 Å². The maximum atomic E-state index is 13.7. The van der Waals surface area contributed by atoms with E-state index in [1.54, 1.807) is 25.7 Å². The van der Waals surface area contributed by atoms with Gasteiger partial charge in [-0.05, 0) is 97.8 Å². The standard InChI is InChI=1S/C28H47N3O4/c1-18(2)15-16-20(4)31(23(32)17-29-26(34)35-28(9,10)11)24(25(33)30-27(6,7)8)22-14-12-13-19(3)21(22)5/h12-14,18,20,24H,15-17H2,1-11H3,(H,29,34)(H,30,33). The maximum Gasteiger partial charge on any atom is 0.408 e. The van der Waals surface area contributed by atoms with Gasteiger partial charge in [0, 0.05) is 11.6 Å². The Balaban J connectivity index is 3.46. The van der Waals surface area contributed by atoms with Gasteiger partial charge in [-0.2, -0.15) is 0 Å². The molecule has 0 saturated heterocycles. The minimum atomic E-state index is -0.829. The van der Waals surface area contributed by atoms with E-state index in [9.17, 15) is 14.4 Å². The van der Waals surface area contributed by atoms with Gasteiger partial charge >= 0.3 is 6.09 Å². The molecular formula is C28H47N3O4. The molecule has 0 aromatic heterocycles. The summed E-state index contributed by atoms with van der Waals surface area (Å²) in [5.74, 6) is -0.118. The summed E-state index contributed by atoms with van der Waals surface area (Å²) < 4.78 is 5.30. The number of aryl methyl sites for hydroxylation is 1. The van der Waals surface area contributed by atoms with Crippen LogP contribution in [0.15, 0.2) is 18.2 Å². The van der Waals surface area contributed by atoms with Crippen LogP contribution in [0.3, 0.4) is 0 Å². The van der Waals surface area contributed by atoms with Crippen LogP contribution < -0.4 is 10.6 Å². The third-order valence-corrected chi connectivity index (χ3v) is 5.67. The summed E-state index contributed by atoms with van der Waals surface area (Å²) in [6.07, 6.45) is 0.980. The van der Waals surface area contributed by atoms with Crippen LogP contribution in [0.25, 0.3) is 0 Å². The molecule has 7 nitrogen and oxygen atoms in total. The third kappa shape index (κ3) is 10.3. The van der Waals surface area contributed by atoms with Gasteiger partial charge in [0.05, 0.1) is 0 Å². The summed E-state index contributed by atoms with van der Waals surface area (Å²) in [5, 5.41) is 5.65. The number of carbonyl (C=O) groups excluding carboxylic acids is 3. The first-order valence-electron chi connectivity index (χ1n) is 12.6. The Labute approximate surface area is 212 Å². The fourth-order valence-corrected chi connectivity index (χ4v) is 3.84. The predicted octanol–water partition coefficient (Wildman–Crippen LogP) is 5.44. The molecule has 0 aliphatic heterocycles. The minimum Gasteiger partial charge on any atom is -0.444 e. The van der Waals surface area contributed by atoms with Crippen molar-refractivity contribution in [1.82, 2.24) is 15.5 Å². The predicted molar refractivity (Wildman–Crippen MR) is 141 cm³/mol. The number of nitrogens with one attached hydrogen (secondary N) is 2.